The summed E-state index contributed by atoms with van der Waals surface area (Å²) in [5, 5.41) is 31.7. The number of hydrogen-bond donors (Lipinski definition) is 2. The fourth-order valence-corrected chi connectivity index (χ4v) is 3.23. The lowest BCUT2D eigenvalue weighted by molar-refractivity contribution is -0.384. The van der Waals surface area contributed by atoms with Crippen LogP contribution in [0.25, 0.3) is 10.9 Å². The molecule has 3 aromatic rings. The zero-order valence-corrected chi connectivity index (χ0v) is 17.0. The highest BCUT2D eigenvalue weighted by atomic mass is 16.6. The molecule has 0 aliphatic rings. The van der Waals surface area contributed by atoms with Crippen molar-refractivity contribution in [3.05, 3.63) is 85.7 Å². The maximum Gasteiger partial charge on any atom is 0.270 e. The van der Waals surface area contributed by atoms with Gasteiger partial charge in [-0.3, -0.25) is 19.7 Å². The van der Waals surface area contributed by atoms with E-state index in [1.165, 1.54) is 18.3 Å². The number of aromatic nitrogens is 1. The third-order valence-corrected chi connectivity index (χ3v) is 4.70. The van der Waals surface area contributed by atoms with Crippen molar-refractivity contribution in [3.8, 4) is 6.07 Å². The topological polar surface area (TPSA) is 147 Å². The summed E-state index contributed by atoms with van der Waals surface area (Å²) in [5.41, 5.74) is 0.588. The van der Waals surface area contributed by atoms with E-state index >= 15 is 0 Å². The largest absolute Gasteiger partial charge is 0.394 e. The summed E-state index contributed by atoms with van der Waals surface area (Å²) in [6, 6.07) is 12.8. The first-order chi connectivity index (χ1) is 15.4. The van der Waals surface area contributed by atoms with E-state index in [0.29, 0.717) is 11.1 Å². The van der Waals surface area contributed by atoms with Crippen LogP contribution >= 0.6 is 0 Å². The quantitative estimate of drug-likeness (QED) is 0.294. The van der Waals surface area contributed by atoms with Gasteiger partial charge < -0.3 is 19.7 Å². The Morgan fingerprint density at radius 3 is 2.78 bits per heavy atom. The van der Waals surface area contributed by atoms with Gasteiger partial charge in [-0.2, -0.15) is 5.26 Å². The first kappa shape index (κ1) is 22.6. The molecule has 2 aromatic carbocycles. The van der Waals surface area contributed by atoms with Gasteiger partial charge in [0.15, 0.2) is 0 Å². The molecule has 0 aliphatic heterocycles. The molecule has 0 unspecified atom stereocenters. The fraction of sp³-hybridized carbons (Fsp3) is 0.227. The predicted molar refractivity (Wildman–Crippen MR) is 115 cm³/mol. The molecular weight excluding hydrogens is 416 g/mol. The van der Waals surface area contributed by atoms with E-state index in [9.17, 15) is 19.7 Å². The summed E-state index contributed by atoms with van der Waals surface area (Å²) in [6.07, 6.45) is 1.40. The molecule has 0 bridgehead atoms. The molecule has 0 fully saturated rings. The number of ether oxygens (including phenoxy) is 1. The number of nitriles is 1. The Morgan fingerprint density at radius 2 is 2.06 bits per heavy atom. The van der Waals surface area contributed by atoms with E-state index in [0.717, 1.165) is 11.6 Å². The Hall–Kier alpha value is -4.07. The van der Waals surface area contributed by atoms with Crippen LogP contribution in [-0.4, -0.2) is 46.9 Å². The van der Waals surface area contributed by atoms with Crippen LogP contribution in [-0.2, 0) is 11.3 Å². The van der Waals surface area contributed by atoms with Gasteiger partial charge in [-0.25, -0.2) is 0 Å². The third-order valence-electron chi connectivity index (χ3n) is 4.70. The van der Waals surface area contributed by atoms with Crippen LogP contribution in [0.3, 0.4) is 0 Å². The van der Waals surface area contributed by atoms with E-state index in [1.54, 1.807) is 28.8 Å². The summed E-state index contributed by atoms with van der Waals surface area (Å²) in [5.74, 6) is -0.643. The molecule has 0 saturated carbocycles. The van der Waals surface area contributed by atoms with Crippen molar-refractivity contribution in [1.29, 1.82) is 5.26 Å². The Balaban J connectivity index is 2.03. The number of amides is 1. The molecule has 0 saturated heterocycles. The smallest absolute Gasteiger partial charge is 0.270 e. The van der Waals surface area contributed by atoms with Gasteiger partial charge in [-0.1, -0.05) is 12.1 Å². The molecule has 0 radical (unpaired) electrons. The summed E-state index contributed by atoms with van der Waals surface area (Å²) in [7, 11) is 0. The summed E-state index contributed by atoms with van der Waals surface area (Å²) >= 11 is 0. The van der Waals surface area contributed by atoms with Crippen molar-refractivity contribution in [2.75, 3.05) is 26.4 Å². The van der Waals surface area contributed by atoms with Gasteiger partial charge in [0.05, 0.1) is 47.3 Å². The molecule has 164 valence electrons. The number of hydrogen-bond acceptors (Lipinski definition) is 7. The van der Waals surface area contributed by atoms with Crippen molar-refractivity contribution in [2.45, 2.75) is 6.54 Å². The number of nitrogens with one attached hydrogen (secondary N) is 1. The van der Waals surface area contributed by atoms with Crippen LogP contribution < -0.4 is 10.7 Å². The molecule has 2 N–H and O–H groups in total. The minimum Gasteiger partial charge on any atom is -0.394 e. The van der Waals surface area contributed by atoms with E-state index in [1.807, 2.05) is 0 Å². The summed E-state index contributed by atoms with van der Waals surface area (Å²) in [6.45, 7) is 0.499. The number of benzene rings is 2. The minimum atomic E-state index is -0.643. The van der Waals surface area contributed by atoms with Gasteiger partial charge >= 0.3 is 0 Å². The second-order valence-corrected chi connectivity index (χ2v) is 6.86. The normalized spacial score (nSPS) is 10.6. The van der Waals surface area contributed by atoms with E-state index < -0.39 is 16.3 Å². The molecule has 0 atom stereocenters. The lowest BCUT2D eigenvalue weighted by atomic mass is 10.1. The number of nitro groups is 1. The van der Waals surface area contributed by atoms with Crippen molar-refractivity contribution in [1.82, 2.24) is 9.88 Å². The third kappa shape index (κ3) is 5.15. The number of pyridine rings is 1. The fourth-order valence-electron chi connectivity index (χ4n) is 3.23. The van der Waals surface area contributed by atoms with Crippen LogP contribution in [0.15, 0.2) is 53.5 Å². The van der Waals surface area contributed by atoms with Crippen molar-refractivity contribution < 1.29 is 19.6 Å². The number of rotatable bonds is 9. The maximum absolute atomic E-state index is 13.0. The van der Waals surface area contributed by atoms with Gasteiger partial charge in [-0.05, 0) is 23.8 Å². The summed E-state index contributed by atoms with van der Waals surface area (Å²) < 4.78 is 6.73. The average Bonchev–Trinajstić information content (AvgIpc) is 2.80. The number of aliphatic hydroxyl groups excluding tert-OH is 1. The van der Waals surface area contributed by atoms with E-state index in [4.69, 9.17) is 15.1 Å². The van der Waals surface area contributed by atoms with Crippen LogP contribution in [0.1, 0.15) is 21.5 Å². The zero-order chi connectivity index (χ0) is 23.1. The lowest BCUT2D eigenvalue weighted by Gasteiger charge is -2.14. The molecule has 0 aliphatic carbocycles. The molecule has 32 heavy (non-hydrogen) atoms. The Morgan fingerprint density at radius 1 is 1.25 bits per heavy atom. The van der Waals surface area contributed by atoms with Crippen molar-refractivity contribution >= 4 is 22.5 Å². The number of nitrogens with zero attached hydrogens (tertiary/aromatic N) is 3. The van der Waals surface area contributed by atoms with Crippen LogP contribution in [0, 0.1) is 21.4 Å². The first-order valence-corrected chi connectivity index (χ1v) is 9.72. The number of carbonyl (C=O) groups excluding carboxylic acids is 1. The number of nitro benzene ring substituents is 1. The van der Waals surface area contributed by atoms with Gasteiger partial charge in [0.25, 0.3) is 11.6 Å². The Kier molecular flexibility index (Phi) is 7.28. The highest BCUT2D eigenvalue weighted by Crippen LogP contribution is 2.20. The second kappa shape index (κ2) is 10.3. The maximum atomic E-state index is 13.0. The first-order valence-electron chi connectivity index (χ1n) is 9.72. The monoisotopic (exact) mass is 436 g/mol. The van der Waals surface area contributed by atoms with Crippen LogP contribution in [0.2, 0.25) is 0 Å². The Labute approximate surface area is 182 Å². The molecular formula is C22H20N4O6. The highest BCUT2D eigenvalue weighted by molar-refractivity contribution is 5.97. The van der Waals surface area contributed by atoms with Gasteiger partial charge in [0.2, 0.25) is 5.43 Å². The van der Waals surface area contributed by atoms with Crippen LogP contribution in [0.5, 0.6) is 0 Å². The molecule has 1 amide bonds. The van der Waals surface area contributed by atoms with Gasteiger partial charge in [0, 0.05) is 31.4 Å². The molecule has 0 spiro atoms. The van der Waals surface area contributed by atoms with Gasteiger partial charge in [0.1, 0.15) is 5.56 Å². The highest BCUT2D eigenvalue weighted by Gasteiger charge is 2.18. The van der Waals surface area contributed by atoms with Crippen molar-refractivity contribution in [3.63, 3.8) is 0 Å². The van der Waals surface area contributed by atoms with Crippen LogP contribution in [0.4, 0.5) is 5.69 Å². The summed E-state index contributed by atoms with van der Waals surface area (Å²) in [4.78, 5) is 36.2. The predicted octanol–water partition coefficient (Wildman–Crippen LogP) is 1.57. The SMILES string of the molecule is N#Cc1cccc(Cn2cc(C(=O)NCCOCCO)c(=O)c3cc([N+](=O)[O-])ccc32)c1. The molecule has 3 rings (SSSR count). The van der Waals surface area contributed by atoms with E-state index in [-0.39, 0.29) is 49.5 Å². The molecule has 1 heterocycles. The number of fused-ring (bicyclic) bond motifs is 1. The average molecular weight is 436 g/mol. The zero-order valence-electron chi connectivity index (χ0n) is 17.0. The number of carbonyl (C=O) groups is 1. The lowest BCUT2D eigenvalue weighted by Crippen LogP contribution is -2.32. The Bertz CT molecular complexity index is 1260. The molecule has 1 aromatic heterocycles. The van der Waals surface area contributed by atoms with Gasteiger partial charge in [-0.15, -0.1) is 0 Å². The second-order valence-electron chi connectivity index (χ2n) is 6.86. The number of non-ortho nitro benzene ring substituents is 1. The molecule has 10 heteroatoms. The van der Waals surface area contributed by atoms with E-state index in [2.05, 4.69) is 11.4 Å². The minimum absolute atomic E-state index is 0.0415. The standard InChI is InChI=1S/C22H20N4O6/c23-12-15-2-1-3-16(10-15)13-25-14-19(22(29)24-6-8-32-9-7-27)21(28)18-11-17(26(30)31)4-5-20(18)25/h1-5,10-11,14,27H,6-9,13H2,(H,24,29). The number of aliphatic hydroxyl groups is 1. The van der Waals surface area contributed by atoms with Crippen molar-refractivity contribution in [2.24, 2.45) is 0 Å². The molecule has 10 nitrogen and oxygen atoms in total.